The molecule has 0 unspecified atom stereocenters. The Balaban J connectivity index is 2.29. The molecule has 1 aromatic carbocycles. The molecule has 0 aliphatic carbocycles. The van der Waals surface area contributed by atoms with Gasteiger partial charge in [-0.3, -0.25) is 4.72 Å². The lowest BCUT2D eigenvalue weighted by Crippen LogP contribution is -2.21. The highest BCUT2D eigenvalue weighted by Gasteiger charge is 2.30. The van der Waals surface area contributed by atoms with Gasteiger partial charge >= 0.3 is 18.5 Å². The van der Waals surface area contributed by atoms with Crippen LogP contribution in [0.25, 0.3) is 0 Å². The third-order valence-electron chi connectivity index (χ3n) is 3.31. The van der Waals surface area contributed by atoms with E-state index in [4.69, 9.17) is 0 Å². The van der Waals surface area contributed by atoms with Crippen LogP contribution in [0.2, 0.25) is 0 Å². The first kappa shape index (κ1) is 25.8. The molecule has 0 amide bonds. The third kappa shape index (κ3) is 8.91. The summed E-state index contributed by atoms with van der Waals surface area (Å²) in [6.45, 7) is -3.65. The van der Waals surface area contributed by atoms with Gasteiger partial charge in [-0.15, -0.1) is 0 Å². The van der Waals surface area contributed by atoms with Crippen molar-refractivity contribution in [2.24, 2.45) is 0 Å². The summed E-state index contributed by atoms with van der Waals surface area (Å²) in [4.78, 5) is 13.9. The predicted molar refractivity (Wildman–Crippen MR) is 97.6 cm³/mol. The summed E-state index contributed by atoms with van der Waals surface area (Å²) in [5, 5.41) is 0. The number of rotatable bonds is 8. The van der Waals surface area contributed by atoms with E-state index in [2.05, 4.69) is 23.9 Å². The van der Waals surface area contributed by atoms with Gasteiger partial charge in [-0.1, -0.05) is 0 Å². The number of carbonyl (C=O) groups is 1. The number of alkyl halides is 6. The maximum atomic E-state index is 12.6. The van der Waals surface area contributed by atoms with Gasteiger partial charge in [-0.25, -0.2) is 18.2 Å². The standard InChI is InChI=1S/C17H14F6N2O7S/c1-29-15(26)32-14-3-2-10(7-24-14)25-33(27,28)13-5-11(30-8-16(18,19)20)4-12(6-13)31-9-17(21,22)23/h2-7,25H,8-9H2,1H3. The van der Waals surface area contributed by atoms with Crippen molar-refractivity contribution in [3.05, 3.63) is 36.5 Å². The van der Waals surface area contributed by atoms with E-state index in [0.29, 0.717) is 18.2 Å². The molecule has 0 atom stereocenters. The Bertz CT molecular complexity index is 1040. The molecule has 0 radical (unpaired) electrons. The average Bonchev–Trinajstić information content (AvgIpc) is 2.71. The molecule has 2 aromatic rings. The number of halogens is 6. The number of benzene rings is 1. The van der Waals surface area contributed by atoms with E-state index < -0.39 is 58.1 Å². The fraction of sp³-hybridized carbons (Fsp3) is 0.294. The van der Waals surface area contributed by atoms with Crippen LogP contribution in [0, 0.1) is 0 Å². The lowest BCUT2D eigenvalue weighted by atomic mass is 10.3. The van der Waals surface area contributed by atoms with Gasteiger partial charge in [0.1, 0.15) is 11.5 Å². The second kappa shape index (κ2) is 10.0. The van der Waals surface area contributed by atoms with Crippen LogP contribution in [0.15, 0.2) is 41.4 Å². The van der Waals surface area contributed by atoms with Gasteiger partial charge in [0.15, 0.2) is 13.2 Å². The molecular weight excluding hydrogens is 490 g/mol. The second-order valence-corrected chi connectivity index (χ2v) is 7.68. The first-order chi connectivity index (χ1) is 15.2. The summed E-state index contributed by atoms with van der Waals surface area (Å²) < 4.78 is 120. The van der Waals surface area contributed by atoms with Crippen LogP contribution in [-0.2, 0) is 14.8 Å². The summed E-state index contributed by atoms with van der Waals surface area (Å²) in [6, 6.07) is 4.22. The number of carbonyl (C=O) groups excluding carboxylic acids is 1. The molecule has 0 aliphatic rings. The lowest BCUT2D eigenvalue weighted by Gasteiger charge is -2.15. The topological polar surface area (TPSA) is 113 Å². The van der Waals surface area contributed by atoms with Crippen molar-refractivity contribution in [3.63, 3.8) is 0 Å². The summed E-state index contributed by atoms with van der Waals surface area (Å²) in [5.74, 6) is -1.64. The predicted octanol–water partition coefficient (Wildman–Crippen LogP) is 3.91. The van der Waals surface area contributed by atoms with Crippen molar-refractivity contribution in [1.29, 1.82) is 0 Å². The summed E-state index contributed by atoms with van der Waals surface area (Å²) in [5.41, 5.74) is -0.174. The van der Waals surface area contributed by atoms with E-state index in [1.807, 2.05) is 4.72 Å². The highest BCUT2D eigenvalue weighted by molar-refractivity contribution is 7.92. The van der Waals surface area contributed by atoms with E-state index >= 15 is 0 Å². The molecule has 1 N–H and O–H groups in total. The minimum absolute atomic E-state index is 0.174. The Labute approximate surface area is 182 Å². The number of methoxy groups -OCH3 is 1. The van der Waals surface area contributed by atoms with Crippen LogP contribution < -0.4 is 18.9 Å². The van der Waals surface area contributed by atoms with Crippen molar-refractivity contribution in [2.75, 3.05) is 25.0 Å². The molecule has 0 aliphatic heterocycles. The van der Waals surface area contributed by atoms with Crippen molar-refractivity contribution < 1.29 is 58.5 Å². The molecule has 0 saturated heterocycles. The quantitative estimate of drug-likeness (QED) is 0.426. The first-order valence-corrected chi connectivity index (χ1v) is 9.94. The van der Waals surface area contributed by atoms with Crippen LogP contribution >= 0.6 is 0 Å². The number of hydrogen-bond acceptors (Lipinski definition) is 8. The summed E-state index contributed by atoms with van der Waals surface area (Å²) >= 11 is 0. The van der Waals surface area contributed by atoms with Crippen LogP contribution in [-0.4, -0.2) is 52.2 Å². The number of pyridine rings is 1. The number of aromatic nitrogens is 1. The van der Waals surface area contributed by atoms with Gasteiger partial charge in [0.05, 0.1) is 23.9 Å². The van der Waals surface area contributed by atoms with Crippen molar-refractivity contribution >= 4 is 21.9 Å². The van der Waals surface area contributed by atoms with E-state index in [1.165, 1.54) is 0 Å². The number of nitrogens with one attached hydrogen (secondary N) is 1. The number of sulfonamides is 1. The van der Waals surface area contributed by atoms with E-state index in [1.54, 1.807) is 0 Å². The third-order valence-corrected chi connectivity index (χ3v) is 4.67. The van der Waals surface area contributed by atoms with Gasteiger partial charge < -0.3 is 18.9 Å². The molecule has 16 heteroatoms. The maximum absolute atomic E-state index is 12.6. The number of nitrogens with zero attached hydrogens (tertiary/aromatic N) is 1. The molecule has 1 heterocycles. The zero-order valence-electron chi connectivity index (χ0n) is 16.4. The van der Waals surface area contributed by atoms with E-state index in [0.717, 1.165) is 25.4 Å². The molecule has 0 saturated carbocycles. The normalized spacial score (nSPS) is 12.1. The Morgan fingerprint density at radius 1 is 0.970 bits per heavy atom. The fourth-order valence-electron chi connectivity index (χ4n) is 2.04. The van der Waals surface area contributed by atoms with E-state index in [9.17, 15) is 39.6 Å². The maximum Gasteiger partial charge on any atom is 0.514 e. The Morgan fingerprint density at radius 3 is 1.94 bits per heavy atom. The van der Waals surface area contributed by atoms with Crippen molar-refractivity contribution in [2.45, 2.75) is 17.2 Å². The van der Waals surface area contributed by atoms with Crippen molar-refractivity contribution in [3.8, 4) is 17.4 Å². The Morgan fingerprint density at radius 2 is 1.52 bits per heavy atom. The minimum Gasteiger partial charge on any atom is -0.484 e. The fourth-order valence-corrected chi connectivity index (χ4v) is 3.13. The average molecular weight is 504 g/mol. The first-order valence-electron chi connectivity index (χ1n) is 8.46. The Hall–Kier alpha value is -3.43. The van der Waals surface area contributed by atoms with Crippen LogP contribution in [0.4, 0.5) is 36.8 Å². The molecular formula is C17H14F6N2O7S. The van der Waals surface area contributed by atoms with Crippen molar-refractivity contribution in [1.82, 2.24) is 4.98 Å². The molecule has 182 valence electrons. The van der Waals surface area contributed by atoms with Gasteiger partial charge in [0.2, 0.25) is 5.88 Å². The number of ether oxygens (including phenoxy) is 4. The van der Waals surface area contributed by atoms with Gasteiger partial charge in [-0.05, 0) is 6.07 Å². The van der Waals surface area contributed by atoms with Crippen LogP contribution in [0.3, 0.4) is 0 Å². The molecule has 0 bridgehead atoms. The zero-order valence-corrected chi connectivity index (χ0v) is 17.2. The molecule has 2 rings (SSSR count). The number of hydrogen-bond donors (Lipinski definition) is 1. The summed E-state index contributed by atoms with van der Waals surface area (Å²) in [7, 11) is -3.51. The van der Waals surface area contributed by atoms with Gasteiger partial charge in [-0.2, -0.15) is 26.3 Å². The second-order valence-electron chi connectivity index (χ2n) is 5.99. The summed E-state index contributed by atoms with van der Waals surface area (Å²) in [6.07, 6.45) is -9.74. The highest BCUT2D eigenvalue weighted by atomic mass is 32.2. The molecule has 9 nitrogen and oxygen atoms in total. The van der Waals surface area contributed by atoms with Crippen LogP contribution in [0.1, 0.15) is 0 Å². The Kier molecular flexibility index (Phi) is 7.84. The minimum atomic E-state index is -4.79. The lowest BCUT2D eigenvalue weighted by molar-refractivity contribution is -0.153. The SMILES string of the molecule is COC(=O)Oc1ccc(NS(=O)(=O)c2cc(OCC(F)(F)F)cc(OCC(F)(F)F)c2)cn1. The zero-order chi connectivity index (χ0) is 24.9. The molecule has 0 fully saturated rings. The van der Waals surface area contributed by atoms with Gasteiger partial charge in [0, 0.05) is 24.3 Å². The molecule has 33 heavy (non-hydrogen) atoms. The van der Waals surface area contributed by atoms with Crippen LogP contribution in [0.5, 0.6) is 17.4 Å². The smallest absolute Gasteiger partial charge is 0.484 e. The monoisotopic (exact) mass is 504 g/mol. The highest BCUT2D eigenvalue weighted by Crippen LogP contribution is 2.30. The van der Waals surface area contributed by atoms with E-state index in [-0.39, 0.29) is 11.6 Å². The number of anilines is 1. The van der Waals surface area contributed by atoms with Gasteiger partial charge in [0.25, 0.3) is 10.0 Å². The largest absolute Gasteiger partial charge is 0.514 e. The molecule has 1 aromatic heterocycles. The molecule has 0 spiro atoms.